The van der Waals surface area contributed by atoms with E-state index in [2.05, 4.69) is 5.32 Å². The van der Waals surface area contributed by atoms with Crippen molar-refractivity contribution in [1.29, 1.82) is 0 Å². The van der Waals surface area contributed by atoms with Gasteiger partial charge in [0, 0.05) is 11.3 Å². The molecule has 1 N–H and O–H groups in total. The molecule has 0 saturated heterocycles. The van der Waals surface area contributed by atoms with Crippen molar-refractivity contribution in [3.8, 4) is 11.5 Å². The Hall–Kier alpha value is -3.87. The Bertz CT molecular complexity index is 1160. The highest BCUT2D eigenvalue weighted by Crippen LogP contribution is 2.31. The number of carbonyl (C=O) groups excluding carboxylic acids is 2. The average Bonchev–Trinajstić information content (AvgIpc) is 2.97. The normalized spacial score (nSPS) is 14.0. The fourth-order valence-corrected chi connectivity index (χ4v) is 3.86. The number of hydrogen-bond donors (Lipinski definition) is 1. The van der Waals surface area contributed by atoms with Crippen molar-refractivity contribution in [2.45, 2.75) is 25.9 Å². The summed E-state index contributed by atoms with van der Waals surface area (Å²) in [5.74, 6) is 0.651. The molecule has 2 amide bonds. The van der Waals surface area contributed by atoms with Gasteiger partial charge in [-0.05, 0) is 60.5 Å². The lowest BCUT2D eigenvalue weighted by atomic mass is 10.1. The number of nitrogens with zero attached hydrogens (tertiary/aromatic N) is 1. The van der Waals surface area contributed by atoms with E-state index in [1.807, 2.05) is 37.3 Å². The number of carbonyl (C=O) groups is 2. The van der Waals surface area contributed by atoms with E-state index in [0.717, 1.165) is 16.7 Å². The second kappa shape index (κ2) is 9.73. The molecule has 4 rings (SSSR count). The van der Waals surface area contributed by atoms with E-state index in [9.17, 15) is 14.0 Å². The fourth-order valence-electron chi connectivity index (χ4n) is 3.86. The summed E-state index contributed by atoms with van der Waals surface area (Å²) in [7, 11) is 1.59. The average molecular weight is 448 g/mol. The number of nitrogens with one attached hydrogen (secondary N) is 1. The zero-order valence-corrected chi connectivity index (χ0v) is 18.5. The molecule has 1 aliphatic rings. The van der Waals surface area contributed by atoms with Gasteiger partial charge in [-0.25, -0.2) is 4.39 Å². The number of hydrogen-bond acceptors (Lipinski definition) is 4. The van der Waals surface area contributed by atoms with E-state index in [1.54, 1.807) is 36.3 Å². The monoisotopic (exact) mass is 448 g/mol. The number of rotatable bonds is 6. The molecule has 0 aromatic heterocycles. The van der Waals surface area contributed by atoms with Gasteiger partial charge in [-0.3, -0.25) is 9.59 Å². The van der Waals surface area contributed by atoms with E-state index >= 15 is 0 Å². The summed E-state index contributed by atoms with van der Waals surface area (Å²) in [5.41, 5.74) is 3.08. The van der Waals surface area contributed by atoms with Gasteiger partial charge in [-0.15, -0.1) is 0 Å². The summed E-state index contributed by atoms with van der Waals surface area (Å²) in [6, 6.07) is 18.6. The smallest absolute Gasteiger partial charge is 0.261 e. The van der Waals surface area contributed by atoms with Crippen LogP contribution in [0.15, 0.2) is 66.7 Å². The highest BCUT2D eigenvalue weighted by atomic mass is 19.1. The molecule has 0 saturated carbocycles. The Balaban J connectivity index is 1.49. The molecule has 0 unspecified atom stereocenters. The summed E-state index contributed by atoms with van der Waals surface area (Å²) in [6.45, 7) is 2.13. The largest absolute Gasteiger partial charge is 0.497 e. The molecule has 1 atom stereocenters. The summed E-state index contributed by atoms with van der Waals surface area (Å²) >= 11 is 0. The third-order valence-electron chi connectivity index (χ3n) is 5.68. The lowest BCUT2D eigenvalue weighted by molar-refractivity contribution is -0.135. The molecule has 7 heteroatoms. The van der Waals surface area contributed by atoms with E-state index in [-0.39, 0.29) is 36.7 Å². The SMILES string of the molecule is COc1cccc(CC(=O)Nc2ccc3c(c2)CN([C@H](C)c2ccc(F)cc2)C(=O)CO3)c1. The summed E-state index contributed by atoms with van der Waals surface area (Å²) in [5, 5.41) is 2.91. The first-order chi connectivity index (χ1) is 15.9. The van der Waals surface area contributed by atoms with Crippen LogP contribution in [0.3, 0.4) is 0 Å². The Kier molecular flexibility index (Phi) is 6.58. The standard InChI is InChI=1S/C26H25FN2O4/c1-17(19-6-8-21(27)9-7-19)29-15-20-14-22(10-11-24(20)33-16-26(29)31)28-25(30)13-18-4-3-5-23(12-18)32-2/h3-12,14,17H,13,15-16H2,1-2H3,(H,28,30)/t17-/m1/s1. The predicted molar refractivity (Wildman–Crippen MR) is 123 cm³/mol. The third kappa shape index (κ3) is 5.31. The topological polar surface area (TPSA) is 67.9 Å². The molecular formula is C26H25FN2O4. The van der Waals surface area contributed by atoms with Crippen LogP contribution in [0.2, 0.25) is 0 Å². The van der Waals surface area contributed by atoms with Crippen molar-refractivity contribution in [3.63, 3.8) is 0 Å². The van der Waals surface area contributed by atoms with Crippen LogP contribution in [-0.4, -0.2) is 30.4 Å². The molecule has 3 aromatic carbocycles. The highest BCUT2D eigenvalue weighted by molar-refractivity contribution is 5.92. The van der Waals surface area contributed by atoms with E-state index in [4.69, 9.17) is 9.47 Å². The third-order valence-corrected chi connectivity index (χ3v) is 5.68. The Morgan fingerprint density at radius 3 is 2.70 bits per heavy atom. The number of ether oxygens (including phenoxy) is 2. The molecule has 0 bridgehead atoms. The van der Waals surface area contributed by atoms with Crippen molar-refractivity contribution in [2.24, 2.45) is 0 Å². The first kappa shape index (κ1) is 22.3. The maximum absolute atomic E-state index is 13.3. The van der Waals surface area contributed by atoms with Crippen LogP contribution >= 0.6 is 0 Å². The Labute approximate surface area is 191 Å². The molecule has 170 valence electrons. The van der Waals surface area contributed by atoms with Crippen LogP contribution in [-0.2, 0) is 22.6 Å². The van der Waals surface area contributed by atoms with Crippen molar-refractivity contribution >= 4 is 17.5 Å². The van der Waals surface area contributed by atoms with Crippen LogP contribution in [0.25, 0.3) is 0 Å². The molecule has 3 aromatic rings. The minimum absolute atomic E-state index is 0.0833. The quantitative estimate of drug-likeness (QED) is 0.603. The predicted octanol–water partition coefficient (Wildman–Crippen LogP) is 4.50. The highest BCUT2D eigenvalue weighted by Gasteiger charge is 2.27. The maximum Gasteiger partial charge on any atom is 0.261 e. The van der Waals surface area contributed by atoms with Gasteiger partial charge in [0.15, 0.2) is 6.61 Å². The van der Waals surface area contributed by atoms with Crippen LogP contribution in [0, 0.1) is 5.82 Å². The maximum atomic E-state index is 13.3. The van der Waals surface area contributed by atoms with Crippen molar-refractivity contribution < 1.29 is 23.5 Å². The molecule has 0 aliphatic carbocycles. The molecule has 6 nitrogen and oxygen atoms in total. The number of fused-ring (bicyclic) bond motifs is 1. The molecule has 1 aliphatic heterocycles. The molecule has 33 heavy (non-hydrogen) atoms. The number of anilines is 1. The van der Waals surface area contributed by atoms with Crippen LogP contribution < -0.4 is 14.8 Å². The minimum atomic E-state index is -0.323. The number of amides is 2. The van der Waals surface area contributed by atoms with Crippen LogP contribution in [0.5, 0.6) is 11.5 Å². The van der Waals surface area contributed by atoms with Crippen molar-refractivity contribution in [3.05, 3.63) is 89.2 Å². The van der Waals surface area contributed by atoms with Gasteiger partial charge < -0.3 is 19.7 Å². The summed E-state index contributed by atoms with van der Waals surface area (Å²) in [4.78, 5) is 27.0. The number of halogens is 1. The van der Waals surface area contributed by atoms with Gasteiger partial charge in [-0.2, -0.15) is 0 Å². The molecule has 0 spiro atoms. The van der Waals surface area contributed by atoms with E-state index in [0.29, 0.717) is 23.7 Å². The lowest BCUT2D eigenvalue weighted by Gasteiger charge is -2.28. The van der Waals surface area contributed by atoms with Gasteiger partial charge in [0.25, 0.3) is 5.91 Å². The first-order valence-corrected chi connectivity index (χ1v) is 10.7. The van der Waals surface area contributed by atoms with Gasteiger partial charge in [0.2, 0.25) is 5.91 Å². The minimum Gasteiger partial charge on any atom is -0.497 e. The van der Waals surface area contributed by atoms with Crippen molar-refractivity contribution in [2.75, 3.05) is 19.0 Å². The molecule has 1 heterocycles. The van der Waals surface area contributed by atoms with Gasteiger partial charge >= 0.3 is 0 Å². The summed E-state index contributed by atoms with van der Waals surface area (Å²) < 4.78 is 24.2. The number of methoxy groups -OCH3 is 1. The Morgan fingerprint density at radius 1 is 1.15 bits per heavy atom. The second-order valence-corrected chi connectivity index (χ2v) is 7.94. The fraction of sp³-hybridized carbons (Fsp3) is 0.231. The van der Waals surface area contributed by atoms with Gasteiger partial charge in [0.1, 0.15) is 17.3 Å². The van der Waals surface area contributed by atoms with Crippen LogP contribution in [0.1, 0.15) is 29.7 Å². The Morgan fingerprint density at radius 2 is 1.94 bits per heavy atom. The van der Waals surface area contributed by atoms with Gasteiger partial charge in [0.05, 0.1) is 26.1 Å². The van der Waals surface area contributed by atoms with Gasteiger partial charge in [-0.1, -0.05) is 24.3 Å². The van der Waals surface area contributed by atoms with Crippen LogP contribution in [0.4, 0.5) is 10.1 Å². The lowest BCUT2D eigenvalue weighted by Crippen LogP contribution is -2.34. The van der Waals surface area contributed by atoms with Crippen molar-refractivity contribution in [1.82, 2.24) is 4.90 Å². The zero-order valence-electron chi connectivity index (χ0n) is 18.5. The second-order valence-electron chi connectivity index (χ2n) is 7.94. The summed E-state index contributed by atoms with van der Waals surface area (Å²) in [6.07, 6.45) is 0.205. The molecule has 0 fully saturated rings. The molecular weight excluding hydrogens is 423 g/mol. The van der Waals surface area contributed by atoms with E-state index < -0.39 is 0 Å². The van der Waals surface area contributed by atoms with E-state index in [1.165, 1.54) is 12.1 Å². The zero-order chi connectivity index (χ0) is 23.4. The molecule has 0 radical (unpaired) electrons. The first-order valence-electron chi connectivity index (χ1n) is 10.7. The number of benzene rings is 3.